The lowest BCUT2D eigenvalue weighted by molar-refractivity contribution is -0.172. The number of hydrogen-bond acceptors (Lipinski definition) is 5. The molecule has 0 saturated carbocycles. The molecule has 6 nitrogen and oxygen atoms in total. The maximum atomic E-state index is 12.6. The zero-order valence-electron chi connectivity index (χ0n) is 13.8. The fourth-order valence-corrected chi connectivity index (χ4v) is 3.62. The van der Waals surface area contributed by atoms with Gasteiger partial charge in [0.05, 0.1) is 12.7 Å². The average Bonchev–Trinajstić information content (AvgIpc) is 3.09. The highest BCUT2D eigenvalue weighted by atomic mass is 19.4. The van der Waals surface area contributed by atoms with Crippen LogP contribution in [0, 0.1) is 0 Å². The Labute approximate surface area is 146 Å². The highest BCUT2D eigenvalue weighted by Crippen LogP contribution is 2.33. The second kappa shape index (κ2) is 6.31. The van der Waals surface area contributed by atoms with E-state index in [0.29, 0.717) is 25.2 Å². The first-order valence-electron chi connectivity index (χ1n) is 8.32. The Hall–Kier alpha value is -2.55. The van der Waals surface area contributed by atoms with E-state index in [9.17, 15) is 18.0 Å². The summed E-state index contributed by atoms with van der Waals surface area (Å²) in [6.45, 7) is 0.246. The predicted molar refractivity (Wildman–Crippen MR) is 88.7 cm³/mol. The van der Waals surface area contributed by atoms with Gasteiger partial charge in [-0.2, -0.15) is 18.3 Å². The summed E-state index contributed by atoms with van der Waals surface area (Å²) in [5, 5.41) is 9.86. The zero-order valence-corrected chi connectivity index (χ0v) is 13.8. The molecule has 0 radical (unpaired) electrons. The van der Waals surface area contributed by atoms with Crippen molar-refractivity contribution in [3.8, 4) is 0 Å². The van der Waals surface area contributed by atoms with E-state index in [1.54, 1.807) is 23.5 Å². The average molecular weight is 363 g/mol. The van der Waals surface area contributed by atoms with Gasteiger partial charge in [0.2, 0.25) is 5.78 Å². The van der Waals surface area contributed by atoms with Crippen molar-refractivity contribution in [1.82, 2.24) is 25.1 Å². The van der Waals surface area contributed by atoms with Gasteiger partial charge in [0.1, 0.15) is 0 Å². The number of rotatable bonds is 3. The molecule has 0 aromatic carbocycles. The van der Waals surface area contributed by atoms with Gasteiger partial charge in [-0.25, -0.2) is 9.97 Å². The van der Waals surface area contributed by atoms with Gasteiger partial charge in [0.15, 0.2) is 5.65 Å². The van der Waals surface area contributed by atoms with Crippen molar-refractivity contribution >= 4 is 27.6 Å². The summed E-state index contributed by atoms with van der Waals surface area (Å²) in [7, 11) is 0. The number of aromatic nitrogens is 4. The maximum Gasteiger partial charge on any atom is 0.451 e. The molecule has 0 aliphatic carbocycles. The van der Waals surface area contributed by atoms with Crippen LogP contribution < -0.4 is 0 Å². The summed E-state index contributed by atoms with van der Waals surface area (Å²) in [6.07, 6.45) is 1.78. The van der Waals surface area contributed by atoms with E-state index in [-0.39, 0.29) is 5.92 Å². The van der Waals surface area contributed by atoms with Crippen LogP contribution in [0.2, 0.25) is 0 Å². The highest BCUT2D eigenvalue weighted by Gasteiger charge is 2.39. The number of hydrogen-bond donors (Lipinski definition) is 1. The minimum absolute atomic E-state index is 0.0403. The minimum atomic E-state index is -4.79. The monoisotopic (exact) mass is 363 g/mol. The van der Waals surface area contributed by atoms with Gasteiger partial charge < -0.3 is 0 Å². The van der Waals surface area contributed by atoms with Crippen molar-refractivity contribution in [1.29, 1.82) is 0 Å². The van der Waals surface area contributed by atoms with Crippen LogP contribution in [0.1, 0.15) is 24.5 Å². The Balaban J connectivity index is 1.67. The molecule has 4 heterocycles. The first-order chi connectivity index (χ1) is 12.4. The van der Waals surface area contributed by atoms with Gasteiger partial charge in [-0.15, -0.1) is 0 Å². The third-order valence-electron chi connectivity index (χ3n) is 4.82. The number of halogens is 3. The van der Waals surface area contributed by atoms with Gasteiger partial charge >= 0.3 is 6.18 Å². The number of aromatic amines is 1. The maximum absolute atomic E-state index is 12.6. The number of carbonyl (C=O) groups excluding carboxylic acids is 1. The number of ketones is 1. The van der Waals surface area contributed by atoms with Gasteiger partial charge in [0.25, 0.3) is 0 Å². The van der Waals surface area contributed by atoms with Gasteiger partial charge in [-0.05, 0) is 25.5 Å². The fourth-order valence-electron chi connectivity index (χ4n) is 3.62. The Kier molecular flexibility index (Phi) is 4.10. The largest absolute Gasteiger partial charge is 0.451 e. The molecule has 0 amide bonds. The molecule has 3 aromatic heterocycles. The summed E-state index contributed by atoms with van der Waals surface area (Å²) in [4.78, 5) is 21.4. The molecule has 1 fully saturated rings. The molecule has 0 bridgehead atoms. The predicted octanol–water partition coefficient (Wildman–Crippen LogP) is 2.82. The van der Waals surface area contributed by atoms with Gasteiger partial charge in [-0.3, -0.25) is 14.8 Å². The van der Waals surface area contributed by atoms with Crippen LogP contribution in [0.5, 0.6) is 0 Å². The Morgan fingerprint density at radius 3 is 2.96 bits per heavy atom. The number of pyridine rings is 1. The van der Waals surface area contributed by atoms with Crippen LogP contribution in [-0.4, -0.2) is 56.7 Å². The molecule has 3 aromatic rings. The molecule has 1 aliphatic rings. The van der Waals surface area contributed by atoms with Gasteiger partial charge in [-0.1, -0.05) is 0 Å². The van der Waals surface area contributed by atoms with E-state index in [1.807, 2.05) is 6.07 Å². The third kappa shape index (κ3) is 3.03. The number of alkyl halides is 3. The lowest BCUT2D eigenvalue weighted by atomic mass is 9.91. The normalized spacial score (nSPS) is 19.3. The lowest BCUT2D eigenvalue weighted by Crippen LogP contribution is -2.42. The van der Waals surface area contributed by atoms with E-state index < -0.39 is 18.5 Å². The van der Waals surface area contributed by atoms with Crippen LogP contribution in [0.25, 0.3) is 21.8 Å². The number of H-pyrrole nitrogens is 1. The zero-order chi connectivity index (χ0) is 18.3. The summed E-state index contributed by atoms with van der Waals surface area (Å²) in [6, 6.07) is 1.87. The minimum Gasteiger partial charge on any atom is -0.295 e. The molecule has 26 heavy (non-hydrogen) atoms. The Bertz CT molecular complexity index is 968. The summed E-state index contributed by atoms with van der Waals surface area (Å²) in [5.74, 6) is -1.74. The fraction of sp³-hybridized carbons (Fsp3) is 0.412. The number of piperidine rings is 1. The summed E-state index contributed by atoms with van der Waals surface area (Å²) in [5.41, 5.74) is 1.48. The summed E-state index contributed by atoms with van der Waals surface area (Å²) < 4.78 is 37.7. The third-order valence-corrected chi connectivity index (χ3v) is 4.82. The van der Waals surface area contributed by atoms with Crippen molar-refractivity contribution < 1.29 is 18.0 Å². The van der Waals surface area contributed by atoms with Crippen molar-refractivity contribution in [2.75, 3.05) is 19.6 Å². The van der Waals surface area contributed by atoms with E-state index in [1.165, 1.54) is 0 Å². The molecule has 1 unspecified atom stereocenters. The Morgan fingerprint density at radius 1 is 1.31 bits per heavy atom. The number of likely N-dealkylation sites (tertiary alicyclic amines) is 1. The smallest absolute Gasteiger partial charge is 0.295 e. The van der Waals surface area contributed by atoms with Crippen LogP contribution >= 0.6 is 0 Å². The van der Waals surface area contributed by atoms with E-state index in [0.717, 1.165) is 28.3 Å². The standard InChI is InChI=1S/C17H16F3N5O/c18-17(19,20)13(26)9-25-5-1-2-10(8-25)15-14-11(7-23-24-15)6-22-16-12(14)3-4-21-16/h3-4,6-7,10,24H,1-2,5,8-9H2. The molecule has 1 saturated heterocycles. The molecule has 136 valence electrons. The molecular formula is C17H16F3N5O. The highest BCUT2D eigenvalue weighted by molar-refractivity contribution is 6.05. The van der Waals surface area contributed by atoms with E-state index in [4.69, 9.17) is 0 Å². The first kappa shape index (κ1) is 16.9. The molecule has 9 heteroatoms. The van der Waals surface area contributed by atoms with Crippen LogP contribution in [0.15, 0.2) is 24.7 Å². The number of nitrogens with zero attached hydrogens (tertiary/aromatic N) is 4. The topological polar surface area (TPSA) is 74.8 Å². The Morgan fingerprint density at radius 2 is 2.15 bits per heavy atom. The number of fused-ring (bicyclic) bond motifs is 3. The van der Waals surface area contributed by atoms with Crippen LogP contribution in [0.3, 0.4) is 0 Å². The molecule has 0 spiro atoms. The first-order valence-corrected chi connectivity index (χ1v) is 8.32. The van der Waals surface area contributed by atoms with E-state index >= 15 is 0 Å². The van der Waals surface area contributed by atoms with Crippen molar-refractivity contribution in [3.05, 3.63) is 30.4 Å². The second-order valence-corrected chi connectivity index (χ2v) is 6.55. The van der Waals surface area contributed by atoms with Crippen molar-refractivity contribution in [3.63, 3.8) is 0 Å². The molecule has 4 rings (SSSR count). The van der Waals surface area contributed by atoms with E-state index in [2.05, 4.69) is 20.2 Å². The lowest BCUT2D eigenvalue weighted by Gasteiger charge is -2.32. The van der Waals surface area contributed by atoms with Crippen LogP contribution in [0.4, 0.5) is 13.2 Å². The molecular weight excluding hydrogens is 347 g/mol. The number of carbonyl (C=O) groups is 1. The quantitative estimate of drug-likeness (QED) is 0.775. The second-order valence-electron chi connectivity index (χ2n) is 6.55. The molecule has 1 N–H and O–H groups in total. The SMILES string of the molecule is O=C(CN1CCCC(c2[nH]ncc3cnc4nccc4c23)C1)C(F)(F)F. The molecule has 1 atom stereocenters. The molecule has 1 aliphatic heterocycles. The number of nitrogens with one attached hydrogen (secondary N) is 1. The van der Waals surface area contributed by atoms with Crippen LogP contribution in [-0.2, 0) is 4.79 Å². The number of Topliss-reactive ketones (excluding diaryl/α,β-unsaturated/α-hetero) is 1. The van der Waals surface area contributed by atoms with Crippen molar-refractivity contribution in [2.45, 2.75) is 24.9 Å². The summed E-state index contributed by atoms with van der Waals surface area (Å²) >= 11 is 0. The van der Waals surface area contributed by atoms with Crippen molar-refractivity contribution in [2.24, 2.45) is 0 Å². The van der Waals surface area contributed by atoms with Gasteiger partial charge in [0, 0.05) is 46.7 Å².